The number of methoxy groups -OCH3 is 1. The standard InChI is InChI=1S/C24H24N4O4/c1-16-7-8-20-17(13-16)23-18(24(30)32-20)14-25-28(23)15-22(29)27-11-9-26(10-12-27)19-5-3-4-6-21(19)31-2/h3-8,13-14H,9-12,15H2,1-2H3. The van der Waals surface area contributed by atoms with Crippen LogP contribution in [0.15, 0.2) is 57.9 Å². The van der Waals surface area contributed by atoms with Gasteiger partial charge >= 0.3 is 5.63 Å². The summed E-state index contributed by atoms with van der Waals surface area (Å²) in [6.07, 6.45) is 1.48. The molecule has 1 saturated heterocycles. The van der Waals surface area contributed by atoms with Crippen molar-refractivity contribution in [1.29, 1.82) is 0 Å². The molecule has 164 valence electrons. The van der Waals surface area contributed by atoms with Gasteiger partial charge in [0.15, 0.2) is 0 Å². The minimum atomic E-state index is -0.444. The zero-order chi connectivity index (χ0) is 22.2. The Morgan fingerprint density at radius 1 is 1.09 bits per heavy atom. The van der Waals surface area contributed by atoms with Gasteiger partial charge in [-0.1, -0.05) is 23.8 Å². The summed E-state index contributed by atoms with van der Waals surface area (Å²) in [5.41, 5.74) is 2.77. The maximum absolute atomic E-state index is 13.1. The third-order valence-electron chi connectivity index (χ3n) is 6.00. The lowest BCUT2D eigenvalue weighted by Gasteiger charge is -2.36. The fraction of sp³-hybridized carbons (Fsp3) is 0.292. The zero-order valence-electron chi connectivity index (χ0n) is 18.1. The van der Waals surface area contributed by atoms with Crippen LogP contribution in [0.2, 0.25) is 0 Å². The van der Waals surface area contributed by atoms with Crippen molar-refractivity contribution in [3.63, 3.8) is 0 Å². The van der Waals surface area contributed by atoms with Crippen LogP contribution < -0.4 is 15.3 Å². The SMILES string of the molecule is COc1ccccc1N1CCN(C(=O)Cn2ncc3c(=O)oc4ccc(C)cc4c32)CC1. The van der Waals surface area contributed by atoms with E-state index in [0.29, 0.717) is 29.6 Å². The number of fused-ring (bicyclic) bond motifs is 3. The Bertz CT molecular complexity index is 1370. The van der Waals surface area contributed by atoms with E-state index in [-0.39, 0.29) is 12.5 Å². The molecule has 1 aliphatic rings. The highest BCUT2D eigenvalue weighted by Gasteiger charge is 2.24. The number of aryl methyl sites for hydroxylation is 1. The molecule has 0 spiro atoms. The summed E-state index contributed by atoms with van der Waals surface area (Å²) >= 11 is 0. The highest BCUT2D eigenvalue weighted by atomic mass is 16.5. The van der Waals surface area contributed by atoms with Crippen LogP contribution in [-0.4, -0.2) is 53.9 Å². The van der Waals surface area contributed by atoms with Crippen molar-refractivity contribution in [2.75, 3.05) is 38.2 Å². The van der Waals surface area contributed by atoms with Gasteiger partial charge in [-0.3, -0.25) is 9.48 Å². The van der Waals surface area contributed by atoms with Crippen LogP contribution in [0.3, 0.4) is 0 Å². The van der Waals surface area contributed by atoms with Crippen molar-refractivity contribution in [3.8, 4) is 5.75 Å². The Kier molecular flexibility index (Phi) is 5.05. The number of ether oxygens (including phenoxy) is 1. The Morgan fingerprint density at radius 3 is 2.66 bits per heavy atom. The number of nitrogens with zero attached hydrogens (tertiary/aromatic N) is 4. The van der Waals surface area contributed by atoms with Crippen molar-refractivity contribution >= 4 is 33.5 Å². The fourth-order valence-electron chi connectivity index (χ4n) is 4.33. The van der Waals surface area contributed by atoms with Crippen LogP contribution in [0.25, 0.3) is 21.9 Å². The smallest absolute Gasteiger partial charge is 0.347 e. The number of amides is 1. The molecule has 0 radical (unpaired) electrons. The first-order chi connectivity index (χ1) is 15.5. The third-order valence-corrected chi connectivity index (χ3v) is 6.00. The van der Waals surface area contributed by atoms with Gasteiger partial charge < -0.3 is 19.0 Å². The summed E-state index contributed by atoms with van der Waals surface area (Å²) in [6.45, 7) is 4.71. The molecule has 0 saturated carbocycles. The number of rotatable bonds is 4. The topological polar surface area (TPSA) is 80.8 Å². The van der Waals surface area contributed by atoms with Crippen molar-refractivity contribution in [2.45, 2.75) is 13.5 Å². The molecule has 0 atom stereocenters. The van der Waals surface area contributed by atoms with Crippen LogP contribution in [0, 0.1) is 6.92 Å². The van der Waals surface area contributed by atoms with E-state index in [9.17, 15) is 9.59 Å². The van der Waals surface area contributed by atoms with E-state index in [2.05, 4.69) is 10.00 Å². The number of hydrogen-bond donors (Lipinski definition) is 0. The zero-order valence-corrected chi connectivity index (χ0v) is 18.1. The average Bonchev–Trinajstić information content (AvgIpc) is 3.24. The second-order valence-electron chi connectivity index (χ2n) is 7.99. The summed E-state index contributed by atoms with van der Waals surface area (Å²) in [4.78, 5) is 29.5. The van der Waals surface area contributed by atoms with Gasteiger partial charge in [-0.05, 0) is 31.2 Å². The van der Waals surface area contributed by atoms with E-state index in [1.807, 2.05) is 48.2 Å². The molecule has 32 heavy (non-hydrogen) atoms. The number of hydrogen-bond acceptors (Lipinski definition) is 6. The Hall–Kier alpha value is -3.81. The lowest BCUT2D eigenvalue weighted by molar-refractivity contribution is -0.132. The quantitative estimate of drug-likeness (QED) is 0.462. The van der Waals surface area contributed by atoms with Gasteiger partial charge in [-0.2, -0.15) is 5.10 Å². The van der Waals surface area contributed by atoms with Crippen LogP contribution in [0.5, 0.6) is 5.75 Å². The Labute approximate surface area is 184 Å². The molecule has 0 unspecified atom stereocenters. The minimum Gasteiger partial charge on any atom is -0.495 e. The maximum atomic E-state index is 13.1. The van der Waals surface area contributed by atoms with E-state index in [0.717, 1.165) is 35.5 Å². The van der Waals surface area contributed by atoms with Gasteiger partial charge in [0.1, 0.15) is 23.3 Å². The van der Waals surface area contributed by atoms with Gasteiger partial charge in [0.05, 0.1) is 24.5 Å². The second-order valence-corrected chi connectivity index (χ2v) is 7.99. The first-order valence-corrected chi connectivity index (χ1v) is 10.6. The number of piperazine rings is 1. The summed E-state index contributed by atoms with van der Waals surface area (Å²) in [5, 5.41) is 5.51. The second kappa shape index (κ2) is 8.03. The number of aromatic nitrogens is 2. The first-order valence-electron chi connectivity index (χ1n) is 10.6. The van der Waals surface area contributed by atoms with Crippen LogP contribution in [0.1, 0.15) is 5.56 Å². The van der Waals surface area contributed by atoms with Crippen LogP contribution in [-0.2, 0) is 11.3 Å². The van der Waals surface area contributed by atoms with Crippen molar-refractivity contribution in [1.82, 2.24) is 14.7 Å². The van der Waals surface area contributed by atoms with Gasteiger partial charge in [-0.15, -0.1) is 0 Å². The van der Waals surface area contributed by atoms with Crippen molar-refractivity contribution in [3.05, 3.63) is 64.6 Å². The van der Waals surface area contributed by atoms with Crippen molar-refractivity contribution in [2.24, 2.45) is 0 Å². The lowest BCUT2D eigenvalue weighted by atomic mass is 10.1. The minimum absolute atomic E-state index is 0.0243. The van der Waals surface area contributed by atoms with Crippen LogP contribution >= 0.6 is 0 Å². The Morgan fingerprint density at radius 2 is 1.88 bits per heavy atom. The number of carbonyl (C=O) groups excluding carboxylic acids is 1. The number of anilines is 1. The van der Waals surface area contributed by atoms with Gasteiger partial charge in [0, 0.05) is 31.6 Å². The molecule has 8 nitrogen and oxygen atoms in total. The molecule has 2 aromatic heterocycles. The summed E-state index contributed by atoms with van der Waals surface area (Å²) in [7, 11) is 1.67. The summed E-state index contributed by atoms with van der Waals surface area (Å²) in [5.74, 6) is 0.806. The van der Waals surface area contributed by atoms with Crippen molar-refractivity contribution < 1.29 is 13.9 Å². The molecule has 3 heterocycles. The van der Waals surface area contributed by atoms with Gasteiger partial charge in [0.25, 0.3) is 0 Å². The van der Waals surface area contributed by atoms with E-state index < -0.39 is 5.63 Å². The molecule has 1 amide bonds. The monoisotopic (exact) mass is 432 g/mol. The highest BCUT2D eigenvalue weighted by Crippen LogP contribution is 2.28. The van der Waals surface area contributed by atoms with Gasteiger partial charge in [0.2, 0.25) is 5.91 Å². The molecule has 8 heteroatoms. The number of benzene rings is 2. The maximum Gasteiger partial charge on any atom is 0.347 e. The van der Waals surface area contributed by atoms with E-state index in [1.165, 1.54) is 6.20 Å². The number of carbonyl (C=O) groups is 1. The third kappa shape index (κ3) is 3.47. The van der Waals surface area contributed by atoms with E-state index in [4.69, 9.17) is 9.15 Å². The lowest BCUT2D eigenvalue weighted by Crippen LogP contribution is -2.49. The largest absolute Gasteiger partial charge is 0.495 e. The average molecular weight is 432 g/mol. The summed E-state index contributed by atoms with van der Waals surface area (Å²) < 4.78 is 12.5. The predicted molar refractivity (Wildman–Crippen MR) is 122 cm³/mol. The van der Waals surface area contributed by atoms with E-state index in [1.54, 1.807) is 17.9 Å². The molecule has 5 rings (SSSR count). The van der Waals surface area contributed by atoms with Crippen LogP contribution in [0.4, 0.5) is 5.69 Å². The van der Waals surface area contributed by atoms with E-state index >= 15 is 0 Å². The number of para-hydroxylation sites is 2. The molecule has 0 N–H and O–H groups in total. The fourth-order valence-corrected chi connectivity index (χ4v) is 4.33. The normalized spacial score (nSPS) is 14.3. The summed E-state index contributed by atoms with van der Waals surface area (Å²) in [6, 6.07) is 13.5. The molecule has 0 bridgehead atoms. The highest BCUT2D eigenvalue weighted by molar-refractivity contribution is 6.02. The molecule has 0 aliphatic carbocycles. The molecule has 1 aliphatic heterocycles. The molecular weight excluding hydrogens is 408 g/mol. The Balaban J connectivity index is 1.37. The molecule has 1 fully saturated rings. The molecule has 2 aromatic carbocycles. The van der Waals surface area contributed by atoms with Gasteiger partial charge in [-0.25, -0.2) is 4.79 Å². The molecular formula is C24H24N4O4. The molecule has 4 aromatic rings. The first kappa shape index (κ1) is 20.1. The predicted octanol–water partition coefficient (Wildman–Crippen LogP) is 2.81.